The topological polar surface area (TPSA) is 81.6 Å². The molecule has 0 spiro atoms. The van der Waals surface area contributed by atoms with Gasteiger partial charge in [-0.25, -0.2) is 0 Å². The zero-order valence-corrected chi connectivity index (χ0v) is 12.5. The van der Waals surface area contributed by atoms with Crippen LogP contribution in [0.1, 0.15) is 6.42 Å². The van der Waals surface area contributed by atoms with Gasteiger partial charge in [0.05, 0.1) is 19.8 Å². The van der Waals surface area contributed by atoms with Crippen LogP contribution in [-0.4, -0.2) is 69.6 Å². The molecule has 0 saturated heterocycles. The van der Waals surface area contributed by atoms with E-state index in [4.69, 9.17) is 14.2 Å². The molecule has 8 heteroatoms. The predicted molar refractivity (Wildman–Crippen MR) is 76.5 cm³/mol. The largest absolute Gasteiger partial charge is 0.463 e. The second kappa shape index (κ2) is 9.27. The van der Waals surface area contributed by atoms with E-state index < -0.39 is 0 Å². The zero-order chi connectivity index (χ0) is 14.8. The SMILES string of the molecule is CNc1nc(OCCCOCCOC)nc(N(C)C)n1. The van der Waals surface area contributed by atoms with E-state index in [0.29, 0.717) is 44.3 Å². The average Bonchev–Trinajstić information content (AvgIpc) is 2.46. The van der Waals surface area contributed by atoms with Crippen LogP contribution in [-0.2, 0) is 9.47 Å². The second-order valence-electron chi connectivity index (χ2n) is 4.19. The normalized spacial score (nSPS) is 10.4. The van der Waals surface area contributed by atoms with Gasteiger partial charge in [0.1, 0.15) is 0 Å². The summed E-state index contributed by atoms with van der Waals surface area (Å²) in [5.74, 6) is 1.03. The first-order valence-electron chi connectivity index (χ1n) is 6.48. The molecular formula is C12H23N5O3. The summed E-state index contributed by atoms with van der Waals surface area (Å²) in [4.78, 5) is 14.3. The van der Waals surface area contributed by atoms with Gasteiger partial charge in [-0.05, 0) is 0 Å². The molecule has 1 N–H and O–H groups in total. The molecule has 0 aliphatic rings. The van der Waals surface area contributed by atoms with Crippen LogP contribution < -0.4 is 15.0 Å². The van der Waals surface area contributed by atoms with Crippen molar-refractivity contribution in [1.29, 1.82) is 0 Å². The van der Waals surface area contributed by atoms with Gasteiger partial charge in [-0.1, -0.05) is 0 Å². The number of methoxy groups -OCH3 is 1. The van der Waals surface area contributed by atoms with Crippen molar-refractivity contribution in [2.45, 2.75) is 6.42 Å². The highest BCUT2D eigenvalue weighted by Crippen LogP contribution is 2.12. The van der Waals surface area contributed by atoms with Crippen LogP contribution in [0, 0.1) is 0 Å². The standard InChI is InChI=1S/C12H23N5O3/c1-13-10-14-11(17(2)3)16-12(15-10)20-7-5-6-19-9-8-18-4/h5-9H2,1-4H3,(H,13,14,15,16). The number of ether oxygens (including phenoxy) is 3. The van der Waals surface area contributed by atoms with Gasteiger partial charge < -0.3 is 24.4 Å². The second-order valence-corrected chi connectivity index (χ2v) is 4.19. The molecule has 0 amide bonds. The lowest BCUT2D eigenvalue weighted by Crippen LogP contribution is -2.16. The maximum Gasteiger partial charge on any atom is 0.323 e. The number of nitrogens with zero attached hydrogens (tertiary/aromatic N) is 4. The van der Waals surface area contributed by atoms with Crippen LogP contribution in [0.4, 0.5) is 11.9 Å². The molecule has 1 rings (SSSR count). The molecule has 0 bridgehead atoms. The third kappa shape index (κ3) is 5.98. The zero-order valence-electron chi connectivity index (χ0n) is 12.5. The highest BCUT2D eigenvalue weighted by Gasteiger charge is 2.07. The van der Waals surface area contributed by atoms with Crippen LogP contribution >= 0.6 is 0 Å². The van der Waals surface area contributed by atoms with Crippen LogP contribution in [0.3, 0.4) is 0 Å². The molecule has 0 unspecified atom stereocenters. The lowest BCUT2D eigenvalue weighted by atomic mass is 10.5. The summed E-state index contributed by atoms with van der Waals surface area (Å²) < 4.78 is 15.7. The molecule has 1 heterocycles. The van der Waals surface area contributed by atoms with E-state index >= 15 is 0 Å². The minimum Gasteiger partial charge on any atom is -0.463 e. The number of anilines is 2. The Morgan fingerprint density at radius 1 is 1.05 bits per heavy atom. The summed E-state index contributed by atoms with van der Waals surface area (Å²) in [5, 5.41) is 2.88. The van der Waals surface area contributed by atoms with Crippen molar-refractivity contribution in [3.05, 3.63) is 0 Å². The quantitative estimate of drug-likeness (QED) is 0.619. The number of rotatable bonds is 10. The number of aromatic nitrogens is 3. The minimum absolute atomic E-state index is 0.310. The Hall–Kier alpha value is -1.67. The molecule has 0 fully saturated rings. The maximum atomic E-state index is 5.51. The smallest absolute Gasteiger partial charge is 0.323 e. The molecule has 114 valence electrons. The van der Waals surface area contributed by atoms with Crippen LogP contribution in [0.25, 0.3) is 0 Å². The minimum atomic E-state index is 0.310. The Balaban J connectivity index is 2.37. The van der Waals surface area contributed by atoms with Gasteiger partial charge in [0.2, 0.25) is 11.9 Å². The summed E-state index contributed by atoms with van der Waals surface area (Å²) >= 11 is 0. The summed E-state index contributed by atoms with van der Waals surface area (Å²) in [6.07, 6.45) is 0.765. The molecule has 0 aromatic carbocycles. The molecule has 1 aromatic rings. The monoisotopic (exact) mass is 285 g/mol. The van der Waals surface area contributed by atoms with Gasteiger partial charge in [0, 0.05) is 41.3 Å². The fourth-order valence-electron chi connectivity index (χ4n) is 1.29. The van der Waals surface area contributed by atoms with Gasteiger partial charge in [0.25, 0.3) is 0 Å². The maximum absolute atomic E-state index is 5.51. The molecule has 0 saturated carbocycles. The van der Waals surface area contributed by atoms with Crippen molar-refractivity contribution in [3.63, 3.8) is 0 Å². The fraction of sp³-hybridized carbons (Fsp3) is 0.750. The molecule has 8 nitrogen and oxygen atoms in total. The van der Waals surface area contributed by atoms with Crippen molar-refractivity contribution in [3.8, 4) is 6.01 Å². The van der Waals surface area contributed by atoms with Crippen LogP contribution in [0.2, 0.25) is 0 Å². The Bertz CT molecular complexity index is 389. The summed E-state index contributed by atoms with van der Waals surface area (Å²) in [5.41, 5.74) is 0. The van der Waals surface area contributed by atoms with E-state index in [-0.39, 0.29) is 0 Å². The summed E-state index contributed by atoms with van der Waals surface area (Å²) in [6.45, 7) is 2.31. The first-order chi connectivity index (χ1) is 9.67. The van der Waals surface area contributed by atoms with E-state index in [1.807, 2.05) is 14.1 Å². The van der Waals surface area contributed by atoms with Gasteiger partial charge in [-0.2, -0.15) is 15.0 Å². The van der Waals surface area contributed by atoms with Crippen molar-refractivity contribution in [1.82, 2.24) is 15.0 Å². The third-order valence-corrected chi connectivity index (χ3v) is 2.32. The van der Waals surface area contributed by atoms with Gasteiger partial charge in [-0.15, -0.1) is 0 Å². The van der Waals surface area contributed by atoms with Crippen molar-refractivity contribution < 1.29 is 14.2 Å². The summed E-state index contributed by atoms with van der Waals surface area (Å²) in [6, 6.07) is 0.310. The van der Waals surface area contributed by atoms with Crippen LogP contribution in [0.15, 0.2) is 0 Å². The Morgan fingerprint density at radius 2 is 1.85 bits per heavy atom. The van der Waals surface area contributed by atoms with E-state index in [2.05, 4.69) is 20.3 Å². The molecule has 20 heavy (non-hydrogen) atoms. The molecule has 0 atom stereocenters. The highest BCUT2D eigenvalue weighted by atomic mass is 16.5. The van der Waals surface area contributed by atoms with Crippen LogP contribution in [0.5, 0.6) is 6.01 Å². The highest BCUT2D eigenvalue weighted by molar-refractivity contribution is 5.36. The third-order valence-electron chi connectivity index (χ3n) is 2.32. The molecule has 0 radical (unpaired) electrons. The lowest BCUT2D eigenvalue weighted by Gasteiger charge is -2.12. The summed E-state index contributed by atoms with van der Waals surface area (Å²) in [7, 11) is 7.13. The lowest BCUT2D eigenvalue weighted by molar-refractivity contribution is 0.0639. The molecule has 1 aromatic heterocycles. The molecular weight excluding hydrogens is 262 g/mol. The van der Waals surface area contributed by atoms with Crippen molar-refractivity contribution in [2.75, 3.05) is 64.9 Å². The number of hydrogen-bond acceptors (Lipinski definition) is 8. The van der Waals surface area contributed by atoms with Gasteiger partial charge in [0.15, 0.2) is 0 Å². The van der Waals surface area contributed by atoms with E-state index in [1.54, 1.807) is 19.1 Å². The molecule has 0 aliphatic heterocycles. The van der Waals surface area contributed by atoms with Crippen molar-refractivity contribution >= 4 is 11.9 Å². The predicted octanol–water partition coefficient (Wildman–Crippen LogP) is 0.411. The average molecular weight is 285 g/mol. The Kier molecular flexibility index (Phi) is 7.59. The number of nitrogens with one attached hydrogen (secondary N) is 1. The van der Waals surface area contributed by atoms with Gasteiger partial charge in [-0.3, -0.25) is 0 Å². The first kappa shape index (κ1) is 16.4. The fourth-order valence-corrected chi connectivity index (χ4v) is 1.29. The van der Waals surface area contributed by atoms with E-state index in [0.717, 1.165) is 6.42 Å². The Labute approximate surface area is 119 Å². The van der Waals surface area contributed by atoms with E-state index in [1.165, 1.54) is 0 Å². The Morgan fingerprint density at radius 3 is 2.50 bits per heavy atom. The number of hydrogen-bond donors (Lipinski definition) is 1. The van der Waals surface area contributed by atoms with E-state index in [9.17, 15) is 0 Å². The van der Waals surface area contributed by atoms with Crippen molar-refractivity contribution in [2.24, 2.45) is 0 Å². The molecule has 0 aliphatic carbocycles. The van der Waals surface area contributed by atoms with Gasteiger partial charge >= 0.3 is 6.01 Å². The first-order valence-corrected chi connectivity index (χ1v) is 6.48.